The molecule has 6 heteroatoms. The second-order valence-corrected chi connectivity index (χ2v) is 7.48. The van der Waals surface area contributed by atoms with Crippen LogP contribution in [0.15, 0.2) is 71.9 Å². The maximum atomic E-state index is 13.1. The van der Waals surface area contributed by atoms with Crippen molar-refractivity contribution in [3.63, 3.8) is 0 Å². The lowest BCUT2D eigenvalue weighted by Crippen LogP contribution is -2.10. The molecule has 1 heterocycles. The second-order valence-electron chi connectivity index (χ2n) is 6.54. The zero-order valence-corrected chi connectivity index (χ0v) is 16.5. The van der Waals surface area contributed by atoms with E-state index in [4.69, 9.17) is 4.74 Å². The Kier molecular flexibility index (Phi) is 5.30. The van der Waals surface area contributed by atoms with E-state index in [1.165, 1.54) is 28.5 Å². The molecule has 142 valence electrons. The van der Waals surface area contributed by atoms with Gasteiger partial charge in [0.15, 0.2) is 17.1 Å². The Morgan fingerprint density at radius 2 is 1.75 bits per heavy atom. The van der Waals surface area contributed by atoms with E-state index in [1.807, 2.05) is 18.5 Å². The Morgan fingerprint density at radius 1 is 1.00 bits per heavy atom. The first-order valence-electron chi connectivity index (χ1n) is 9.03. The van der Waals surface area contributed by atoms with Gasteiger partial charge in [-0.15, -0.1) is 10.2 Å². The lowest BCUT2D eigenvalue weighted by Gasteiger charge is -2.14. The van der Waals surface area contributed by atoms with Crippen molar-refractivity contribution in [3.8, 4) is 5.75 Å². The molecule has 0 saturated heterocycles. The van der Waals surface area contributed by atoms with Gasteiger partial charge in [0, 0.05) is 12.8 Å². The number of hydrogen-bond donors (Lipinski definition) is 0. The number of rotatable bonds is 6. The number of nitrogens with zero attached hydrogens (tertiary/aromatic N) is 3. The Bertz CT molecular complexity index is 1090. The van der Waals surface area contributed by atoms with Crippen molar-refractivity contribution < 1.29 is 9.13 Å². The summed E-state index contributed by atoms with van der Waals surface area (Å²) in [5.74, 6) is 1.85. The summed E-state index contributed by atoms with van der Waals surface area (Å²) < 4.78 is 20.9. The summed E-state index contributed by atoms with van der Waals surface area (Å²) in [7, 11) is 1.94. The van der Waals surface area contributed by atoms with Crippen molar-refractivity contribution in [3.05, 3.63) is 83.9 Å². The molecule has 0 aliphatic heterocycles. The van der Waals surface area contributed by atoms with Gasteiger partial charge in [0.25, 0.3) is 0 Å². The number of thioether (sulfide) groups is 1. The highest BCUT2D eigenvalue weighted by Gasteiger charge is 2.17. The first kappa shape index (κ1) is 18.5. The minimum atomic E-state index is -0.296. The largest absolute Gasteiger partial charge is 0.483 e. The van der Waals surface area contributed by atoms with E-state index < -0.39 is 0 Å². The van der Waals surface area contributed by atoms with Crippen molar-refractivity contribution in [2.45, 2.75) is 23.9 Å². The summed E-state index contributed by atoms with van der Waals surface area (Å²) >= 11 is 1.65. The molecular weight excluding hydrogens is 373 g/mol. The third kappa shape index (κ3) is 3.87. The van der Waals surface area contributed by atoms with Gasteiger partial charge in [-0.25, -0.2) is 4.39 Å². The van der Waals surface area contributed by atoms with Gasteiger partial charge in [0.05, 0.1) is 0 Å². The zero-order valence-electron chi connectivity index (χ0n) is 15.7. The molecule has 4 nitrogen and oxygen atoms in total. The molecule has 0 amide bonds. The highest BCUT2D eigenvalue weighted by Crippen LogP contribution is 2.28. The Balaban J connectivity index is 1.48. The molecule has 0 bridgehead atoms. The lowest BCUT2D eigenvalue weighted by molar-refractivity contribution is 0.211. The van der Waals surface area contributed by atoms with Gasteiger partial charge in [0.2, 0.25) is 0 Å². The molecule has 1 atom stereocenters. The Morgan fingerprint density at radius 3 is 2.57 bits per heavy atom. The van der Waals surface area contributed by atoms with Crippen LogP contribution in [-0.2, 0) is 12.8 Å². The number of fused-ring (bicyclic) bond motifs is 1. The molecule has 4 aromatic rings. The summed E-state index contributed by atoms with van der Waals surface area (Å²) in [5.41, 5.74) is 1.27. The van der Waals surface area contributed by atoms with Gasteiger partial charge >= 0.3 is 0 Å². The van der Waals surface area contributed by atoms with Crippen LogP contribution in [0.25, 0.3) is 10.8 Å². The van der Waals surface area contributed by atoms with Crippen molar-refractivity contribution >= 4 is 22.5 Å². The number of aromatic nitrogens is 3. The predicted octanol–water partition coefficient (Wildman–Crippen LogP) is 5.54. The fourth-order valence-corrected chi connectivity index (χ4v) is 4.06. The van der Waals surface area contributed by atoms with E-state index in [9.17, 15) is 4.39 Å². The summed E-state index contributed by atoms with van der Waals surface area (Å²) in [6.07, 6.45) is -0.296. The SMILES string of the molecule is CC(Oc1ccc(F)cc1)c1nnc(SCc2cccc3ccccc23)n1C. The van der Waals surface area contributed by atoms with Crippen LogP contribution in [0.4, 0.5) is 4.39 Å². The molecule has 0 fully saturated rings. The third-order valence-corrected chi connectivity index (χ3v) is 5.66. The Hall–Kier alpha value is -2.86. The van der Waals surface area contributed by atoms with E-state index >= 15 is 0 Å². The maximum Gasteiger partial charge on any atom is 0.191 e. The third-order valence-electron chi connectivity index (χ3n) is 4.60. The van der Waals surface area contributed by atoms with E-state index in [0.29, 0.717) is 5.75 Å². The molecule has 0 radical (unpaired) electrons. The average Bonchev–Trinajstić information content (AvgIpc) is 3.08. The smallest absolute Gasteiger partial charge is 0.191 e. The van der Waals surface area contributed by atoms with Crippen molar-refractivity contribution in [1.82, 2.24) is 14.8 Å². The van der Waals surface area contributed by atoms with Gasteiger partial charge in [-0.3, -0.25) is 0 Å². The summed E-state index contributed by atoms with van der Waals surface area (Å²) in [4.78, 5) is 0. The minimum absolute atomic E-state index is 0.286. The number of halogens is 1. The van der Waals surface area contributed by atoms with Gasteiger partial charge in [0.1, 0.15) is 11.6 Å². The van der Waals surface area contributed by atoms with Crippen LogP contribution >= 0.6 is 11.8 Å². The molecule has 1 aromatic heterocycles. The van der Waals surface area contributed by atoms with Gasteiger partial charge in [-0.05, 0) is 47.5 Å². The molecule has 4 rings (SSSR count). The van der Waals surface area contributed by atoms with Crippen LogP contribution in [0, 0.1) is 5.82 Å². The van der Waals surface area contributed by atoms with Gasteiger partial charge in [-0.2, -0.15) is 0 Å². The number of benzene rings is 3. The fourth-order valence-electron chi connectivity index (χ4n) is 3.14. The molecule has 0 saturated carbocycles. The van der Waals surface area contributed by atoms with Crippen LogP contribution in [0.2, 0.25) is 0 Å². The van der Waals surface area contributed by atoms with Crippen LogP contribution in [-0.4, -0.2) is 14.8 Å². The normalized spacial score (nSPS) is 12.2. The first-order chi connectivity index (χ1) is 13.6. The molecule has 1 unspecified atom stereocenters. The zero-order chi connectivity index (χ0) is 19.5. The van der Waals surface area contributed by atoms with E-state index in [1.54, 1.807) is 23.9 Å². The standard InChI is InChI=1S/C22H20FN3OS/c1-15(27-19-12-10-18(23)11-13-19)21-24-25-22(26(21)2)28-14-17-8-5-7-16-6-3-4-9-20(16)17/h3-13,15H,14H2,1-2H3. The summed E-state index contributed by atoms with van der Waals surface area (Å²) in [5, 5.41) is 11.9. The summed E-state index contributed by atoms with van der Waals surface area (Å²) in [6, 6.07) is 20.7. The van der Waals surface area contributed by atoms with E-state index in [-0.39, 0.29) is 11.9 Å². The quantitative estimate of drug-likeness (QED) is 0.403. The number of hydrogen-bond acceptors (Lipinski definition) is 4. The van der Waals surface area contributed by atoms with Crippen molar-refractivity contribution in [1.29, 1.82) is 0 Å². The van der Waals surface area contributed by atoms with Crippen LogP contribution in [0.5, 0.6) is 5.75 Å². The average molecular weight is 393 g/mol. The second kappa shape index (κ2) is 8.02. The topological polar surface area (TPSA) is 39.9 Å². The fraction of sp³-hybridized carbons (Fsp3) is 0.182. The van der Waals surface area contributed by atoms with Crippen molar-refractivity contribution in [2.75, 3.05) is 0 Å². The highest BCUT2D eigenvalue weighted by molar-refractivity contribution is 7.98. The molecule has 0 spiro atoms. The van der Waals surface area contributed by atoms with Crippen LogP contribution in [0.1, 0.15) is 24.4 Å². The molecule has 28 heavy (non-hydrogen) atoms. The van der Waals surface area contributed by atoms with E-state index in [2.05, 4.69) is 52.7 Å². The lowest BCUT2D eigenvalue weighted by atomic mass is 10.1. The maximum absolute atomic E-state index is 13.1. The van der Waals surface area contributed by atoms with Crippen LogP contribution in [0.3, 0.4) is 0 Å². The number of ether oxygens (including phenoxy) is 1. The van der Waals surface area contributed by atoms with E-state index in [0.717, 1.165) is 16.7 Å². The van der Waals surface area contributed by atoms with Crippen LogP contribution < -0.4 is 4.74 Å². The summed E-state index contributed by atoms with van der Waals surface area (Å²) in [6.45, 7) is 1.91. The minimum Gasteiger partial charge on any atom is -0.483 e. The van der Waals surface area contributed by atoms with Crippen molar-refractivity contribution in [2.24, 2.45) is 7.05 Å². The molecular formula is C22H20FN3OS. The van der Waals surface area contributed by atoms with Gasteiger partial charge < -0.3 is 9.30 Å². The highest BCUT2D eigenvalue weighted by atomic mass is 32.2. The first-order valence-corrected chi connectivity index (χ1v) is 10.0. The monoisotopic (exact) mass is 393 g/mol. The Labute approximate surface area is 167 Å². The molecule has 0 aliphatic carbocycles. The molecule has 3 aromatic carbocycles. The molecule has 0 N–H and O–H groups in total. The van der Waals surface area contributed by atoms with Gasteiger partial charge in [-0.1, -0.05) is 54.2 Å². The predicted molar refractivity (Wildman–Crippen MR) is 110 cm³/mol. The molecule has 0 aliphatic rings.